The second-order valence-corrected chi connectivity index (χ2v) is 7.81. The summed E-state index contributed by atoms with van der Waals surface area (Å²) in [5.41, 5.74) is 0.244. The maximum Gasteiger partial charge on any atom is 0.407 e. The summed E-state index contributed by atoms with van der Waals surface area (Å²) in [6.45, 7) is 7.15. The van der Waals surface area contributed by atoms with Crippen molar-refractivity contribution in [2.75, 3.05) is 0 Å². The van der Waals surface area contributed by atoms with Crippen LogP contribution in [0, 0.1) is 0 Å². The molecule has 2 N–H and O–H groups in total. The number of nitrogens with one attached hydrogen (secondary N) is 2. The molecular formula is C20H28N2O6. The van der Waals surface area contributed by atoms with Crippen molar-refractivity contribution in [2.45, 2.75) is 70.9 Å². The molecule has 2 rings (SSSR count). The first-order valence-electron chi connectivity index (χ1n) is 9.28. The summed E-state index contributed by atoms with van der Waals surface area (Å²) < 4.78 is 15.7. The van der Waals surface area contributed by atoms with E-state index in [1.165, 1.54) is 0 Å². The fourth-order valence-electron chi connectivity index (χ4n) is 2.76. The fraction of sp³-hybridized carbons (Fsp3) is 0.550. The summed E-state index contributed by atoms with van der Waals surface area (Å²) in [7, 11) is 0. The van der Waals surface area contributed by atoms with E-state index < -0.39 is 41.9 Å². The van der Waals surface area contributed by atoms with Crippen LogP contribution in [0.1, 0.15) is 46.1 Å². The van der Waals surface area contributed by atoms with Crippen LogP contribution >= 0.6 is 0 Å². The molecule has 0 aromatic heterocycles. The molecule has 1 heterocycles. The van der Waals surface area contributed by atoms with Gasteiger partial charge in [-0.2, -0.15) is 0 Å². The highest BCUT2D eigenvalue weighted by atomic mass is 16.6. The van der Waals surface area contributed by atoms with Crippen LogP contribution in [0.5, 0.6) is 0 Å². The molecule has 1 aromatic carbocycles. The number of amides is 2. The molecule has 8 nitrogen and oxygen atoms in total. The number of carbonyl (C=O) groups excluding carboxylic acids is 3. The van der Waals surface area contributed by atoms with Gasteiger partial charge in [0.2, 0.25) is 0 Å². The van der Waals surface area contributed by atoms with Crippen LogP contribution < -0.4 is 10.6 Å². The van der Waals surface area contributed by atoms with Crippen molar-refractivity contribution in [3.8, 4) is 0 Å². The Kier molecular flexibility index (Phi) is 7.25. The monoisotopic (exact) mass is 392 g/mol. The minimum Gasteiger partial charge on any atom is -0.460 e. The standard InChI is InChI=1S/C20H28N2O6/c1-13(21-19(25)28-20(2,3)4)16-10-15(11-17(23)27-16)22-18(24)26-12-14-8-6-5-7-9-14/h5-9,13,15-16H,10-12H2,1-4H3,(H,21,25)(H,22,24). The molecule has 1 aromatic rings. The Labute approximate surface area is 164 Å². The molecule has 3 unspecified atom stereocenters. The summed E-state index contributed by atoms with van der Waals surface area (Å²) in [5.74, 6) is -0.442. The highest BCUT2D eigenvalue weighted by Gasteiger charge is 2.34. The predicted molar refractivity (Wildman–Crippen MR) is 101 cm³/mol. The van der Waals surface area contributed by atoms with E-state index in [4.69, 9.17) is 14.2 Å². The largest absolute Gasteiger partial charge is 0.460 e. The molecule has 2 amide bonds. The van der Waals surface area contributed by atoms with Gasteiger partial charge in [0, 0.05) is 12.5 Å². The second kappa shape index (κ2) is 9.43. The van der Waals surface area contributed by atoms with Gasteiger partial charge in [-0.05, 0) is 33.3 Å². The van der Waals surface area contributed by atoms with Crippen molar-refractivity contribution >= 4 is 18.2 Å². The number of ether oxygens (including phenoxy) is 3. The number of esters is 1. The Hall–Kier alpha value is -2.77. The van der Waals surface area contributed by atoms with Crippen molar-refractivity contribution in [1.82, 2.24) is 10.6 Å². The quantitative estimate of drug-likeness (QED) is 0.590. The molecule has 0 radical (unpaired) electrons. The molecule has 28 heavy (non-hydrogen) atoms. The van der Waals surface area contributed by atoms with Gasteiger partial charge in [0.25, 0.3) is 0 Å². The van der Waals surface area contributed by atoms with Gasteiger partial charge in [-0.3, -0.25) is 4.79 Å². The summed E-state index contributed by atoms with van der Waals surface area (Å²) in [4.78, 5) is 35.8. The van der Waals surface area contributed by atoms with Crippen molar-refractivity contribution in [3.05, 3.63) is 35.9 Å². The number of rotatable bonds is 5. The first kappa shape index (κ1) is 21.5. The molecule has 0 bridgehead atoms. The Bertz CT molecular complexity index is 686. The van der Waals surface area contributed by atoms with Crippen LogP contribution in [0.4, 0.5) is 9.59 Å². The third-order valence-electron chi connectivity index (χ3n) is 4.05. The molecule has 1 fully saturated rings. The van der Waals surface area contributed by atoms with E-state index in [0.29, 0.717) is 6.42 Å². The summed E-state index contributed by atoms with van der Waals surface area (Å²) in [6.07, 6.45) is -1.35. The zero-order valence-corrected chi connectivity index (χ0v) is 16.7. The molecule has 154 valence electrons. The molecular weight excluding hydrogens is 364 g/mol. The Morgan fingerprint density at radius 3 is 2.54 bits per heavy atom. The van der Waals surface area contributed by atoms with Gasteiger partial charge < -0.3 is 24.8 Å². The van der Waals surface area contributed by atoms with Gasteiger partial charge in [0.05, 0.1) is 12.5 Å². The lowest BCUT2D eigenvalue weighted by Gasteiger charge is -2.33. The number of carbonyl (C=O) groups is 3. The maximum absolute atomic E-state index is 12.0. The van der Waals surface area contributed by atoms with Crippen LogP contribution in [0.25, 0.3) is 0 Å². The molecule has 8 heteroatoms. The molecule has 0 aliphatic carbocycles. The van der Waals surface area contributed by atoms with Crippen LogP contribution in [-0.4, -0.2) is 41.9 Å². The topological polar surface area (TPSA) is 103 Å². The van der Waals surface area contributed by atoms with Gasteiger partial charge in [-0.25, -0.2) is 9.59 Å². The highest BCUT2D eigenvalue weighted by Crippen LogP contribution is 2.19. The molecule has 1 aliphatic rings. The fourth-order valence-corrected chi connectivity index (χ4v) is 2.76. The van der Waals surface area contributed by atoms with E-state index in [0.717, 1.165) is 5.56 Å². The number of benzene rings is 1. The van der Waals surface area contributed by atoms with Crippen LogP contribution in [0.15, 0.2) is 30.3 Å². The van der Waals surface area contributed by atoms with E-state index >= 15 is 0 Å². The molecule has 0 spiro atoms. The van der Waals surface area contributed by atoms with Gasteiger partial charge >= 0.3 is 18.2 Å². The lowest BCUT2D eigenvalue weighted by atomic mass is 9.98. The van der Waals surface area contributed by atoms with Crippen LogP contribution in [0.3, 0.4) is 0 Å². The third kappa shape index (κ3) is 7.46. The highest BCUT2D eigenvalue weighted by molar-refractivity contribution is 5.74. The Morgan fingerprint density at radius 1 is 1.21 bits per heavy atom. The van der Waals surface area contributed by atoms with E-state index in [1.54, 1.807) is 27.7 Å². The maximum atomic E-state index is 12.0. The van der Waals surface area contributed by atoms with E-state index in [1.807, 2.05) is 30.3 Å². The predicted octanol–water partition coefficient (Wildman–Crippen LogP) is 2.90. The van der Waals surface area contributed by atoms with Gasteiger partial charge in [0.1, 0.15) is 18.3 Å². The zero-order valence-electron chi connectivity index (χ0n) is 16.7. The summed E-state index contributed by atoms with van der Waals surface area (Å²) in [6, 6.07) is 8.40. The SMILES string of the molecule is CC(NC(=O)OC(C)(C)C)C1CC(NC(=O)OCc2ccccc2)CC(=O)O1. The van der Waals surface area contributed by atoms with Crippen molar-refractivity contribution < 1.29 is 28.6 Å². The minimum absolute atomic E-state index is 0.0517. The lowest BCUT2D eigenvalue weighted by molar-refractivity contribution is -0.156. The molecule has 1 saturated heterocycles. The lowest BCUT2D eigenvalue weighted by Crippen LogP contribution is -2.51. The van der Waals surface area contributed by atoms with E-state index in [9.17, 15) is 14.4 Å². The minimum atomic E-state index is -0.625. The van der Waals surface area contributed by atoms with Gasteiger partial charge in [-0.15, -0.1) is 0 Å². The molecule has 0 saturated carbocycles. The normalized spacial score (nSPS) is 20.5. The summed E-state index contributed by atoms with van der Waals surface area (Å²) in [5, 5.41) is 5.35. The first-order valence-corrected chi connectivity index (χ1v) is 9.28. The van der Waals surface area contributed by atoms with Crippen molar-refractivity contribution in [2.24, 2.45) is 0 Å². The van der Waals surface area contributed by atoms with E-state index in [-0.39, 0.29) is 13.0 Å². The van der Waals surface area contributed by atoms with Crippen molar-refractivity contribution in [1.29, 1.82) is 0 Å². The average Bonchev–Trinajstić information content (AvgIpc) is 2.58. The molecule has 3 atom stereocenters. The van der Waals surface area contributed by atoms with Crippen LogP contribution in [-0.2, 0) is 25.6 Å². The number of alkyl carbamates (subject to hydrolysis) is 2. The zero-order chi connectivity index (χ0) is 20.7. The Morgan fingerprint density at radius 2 is 1.89 bits per heavy atom. The number of hydrogen-bond acceptors (Lipinski definition) is 6. The third-order valence-corrected chi connectivity index (χ3v) is 4.05. The first-order chi connectivity index (χ1) is 13.1. The van der Waals surface area contributed by atoms with Crippen LogP contribution in [0.2, 0.25) is 0 Å². The number of cyclic esters (lactones) is 1. The molecule has 1 aliphatic heterocycles. The van der Waals surface area contributed by atoms with Gasteiger partial charge in [-0.1, -0.05) is 30.3 Å². The van der Waals surface area contributed by atoms with Crippen molar-refractivity contribution in [3.63, 3.8) is 0 Å². The second-order valence-electron chi connectivity index (χ2n) is 7.81. The smallest absolute Gasteiger partial charge is 0.407 e. The average molecular weight is 392 g/mol. The Balaban J connectivity index is 1.83. The van der Waals surface area contributed by atoms with Gasteiger partial charge in [0.15, 0.2) is 0 Å². The summed E-state index contributed by atoms with van der Waals surface area (Å²) >= 11 is 0. The number of hydrogen-bond donors (Lipinski definition) is 2. The van der Waals surface area contributed by atoms with E-state index in [2.05, 4.69) is 10.6 Å².